The molecule has 0 radical (unpaired) electrons. The molecule has 6 heteroatoms. The van der Waals surface area contributed by atoms with Crippen molar-refractivity contribution in [2.24, 2.45) is 5.84 Å². The zero-order valence-corrected chi connectivity index (χ0v) is 11.1. The molecule has 1 heterocycles. The van der Waals surface area contributed by atoms with Crippen LogP contribution in [0.3, 0.4) is 0 Å². The second kappa shape index (κ2) is 6.53. The number of ether oxygens (including phenoxy) is 1. The number of hydrazine groups is 1. The second-order valence-corrected chi connectivity index (χ2v) is 4.11. The van der Waals surface area contributed by atoms with Gasteiger partial charge in [-0.15, -0.1) is 0 Å². The number of amides is 1. The fourth-order valence-corrected chi connectivity index (χ4v) is 1.64. The Morgan fingerprint density at radius 1 is 1.25 bits per heavy atom. The van der Waals surface area contributed by atoms with Crippen LogP contribution in [0, 0.1) is 0 Å². The molecular weight excluding hydrogens is 256 g/mol. The molecule has 0 saturated carbocycles. The third-order valence-corrected chi connectivity index (χ3v) is 2.77. The van der Waals surface area contributed by atoms with Gasteiger partial charge in [0.2, 0.25) is 5.88 Å². The first kappa shape index (κ1) is 13.8. The van der Waals surface area contributed by atoms with Gasteiger partial charge in [-0.05, 0) is 29.8 Å². The van der Waals surface area contributed by atoms with E-state index < -0.39 is 0 Å². The van der Waals surface area contributed by atoms with Gasteiger partial charge < -0.3 is 15.5 Å². The predicted octanol–water partition coefficient (Wildman–Crippen LogP) is 1.31. The van der Waals surface area contributed by atoms with Crippen molar-refractivity contribution in [3.63, 3.8) is 0 Å². The molecule has 1 aromatic heterocycles. The molecule has 1 amide bonds. The van der Waals surface area contributed by atoms with E-state index in [0.717, 1.165) is 11.3 Å². The quantitative estimate of drug-likeness (QED) is 0.564. The highest BCUT2D eigenvalue weighted by Crippen LogP contribution is 2.09. The summed E-state index contributed by atoms with van der Waals surface area (Å²) in [6.45, 7) is 0.409. The van der Waals surface area contributed by atoms with Gasteiger partial charge in [-0.2, -0.15) is 0 Å². The molecular formula is C14H16N4O2. The third kappa shape index (κ3) is 3.46. The van der Waals surface area contributed by atoms with Crippen LogP contribution in [0.25, 0.3) is 0 Å². The van der Waals surface area contributed by atoms with Crippen LogP contribution < -0.4 is 21.3 Å². The molecule has 0 unspecified atom stereocenters. The van der Waals surface area contributed by atoms with Crippen LogP contribution in [0.1, 0.15) is 15.9 Å². The first-order valence-corrected chi connectivity index (χ1v) is 6.06. The van der Waals surface area contributed by atoms with Gasteiger partial charge in [0.15, 0.2) is 0 Å². The SMILES string of the molecule is COc1ccc(CNC(=O)c2ccc(NN)cc2)cn1. The van der Waals surface area contributed by atoms with Gasteiger partial charge in [0.25, 0.3) is 5.91 Å². The summed E-state index contributed by atoms with van der Waals surface area (Å²) in [6, 6.07) is 10.5. The molecule has 104 valence electrons. The number of nitrogens with one attached hydrogen (secondary N) is 2. The number of aromatic nitrogens is 1. The van der Waals surface area contributed by atoms with Crippen molar-refractivity contribution < 1.29 is 9.53 Å². The van der Waals surface area contributed by atoms with Crippen LogP contribution in [0.5, 0.6) is 5.88 Å². The topological polar surface area (TPSA) is 89.3 Å². The van der Waals surface area contributed by atoms with E-state index in [2.05, 4.69) is 15.7 Å². The standard InChI is InChI=1S/C14H16N4O2/c1-20-13-7-2-10(8-16-13)9-17-14(19)11-3-5-12(18-15)6-4-11/h2-8,18H,9,15H2,1H3,(H,17,19). The van der Waals surface area contributed by atoms with E-state index in [4.69, 9.17) is 10.6 Å². The summed E-state index contributed by atoms with van der Waals surface area (Å²) < 4.78 is 4.97. The second-order valence-electron chi connectivity index (χ2n) is 4.11. The molecule has 0 aliphatic heterocycles. The van der Waals surface area contributed by atoms with Crippen LogP contribution in [0.4, 0.5) is 5.69 Å². The number of rotatable bonds is 5. The Labute approximate surface area is 116 Å². The van der Waals surface area contributed by atoms with Gasteiger partial charge in [0.1, 0.15) is 0 Å². The highest BCUT2D eigenvalue weighted by atomic mass is 16.5. The normalized spacial score (nSPS) is 9.90. The van der Waals surface area contributed by atoms with Crippen molar-refractivity contribution in [2.45, 2.75) is 6.54 Å². The molecule has 2 aromatic rings. The molecule has 0 aliphatic rings. The lowest BCUT2D eigenvalue weighted by Gasteiger charge is -2.06. The lowest BCUT2D eigenvalue weighted by molar-refractivity contribution is 0.0951. The number of pyridine rings is 1. The Balaban J connectivity index is 1.93. The molecule has 0 bridgehead atoms. The Morgan fingerprint density at radius 3 is 2.55 bits per heavy atom. The van der Waals surface area contributed by atoms with Crippen LogP contribution in [-0.2, 0) is 6.54 Å². The van der Waals surface area contributed by atoms with E-state index in [1.165, 1.54) is 0 Å². The number of nitrogens with two attached hydrogens (primary N) is 1. The third-order valence-electron chi connectivity index (χ3n) is 2.77. The lowest BCUT2D eigenvalue weighted by Crippen LogP contribution is -2.22. The minimum atomic E-state index is -0.149. The summed E-state index contributed by atoms with van der Waals surface area (Å²) in [6.07, 6.45) is 1.67. The average Bonchev–Trinajstić information content (AvgIpc) is 2.53. The van der Waals surface area contributed by atoms with Crippen LogP contribution in [-0.4, -0.2) is 18.0 Å². The number of hydrogen-bond acceptors (Lipinski definition) is 5. The summed E-state index contributed by atoms with van der Waals surface area (Å²) in [5, 5.41) is 2.82. The molecule has 0 aliphatic carbocycles. The van der Waals surface area contributed by atoms with Gasteiger partial charge in [-0.3, -0.25) is 10.6 Å². The first-order valence-electron chi connectivity index (χ1n) is 6.06. The molecule has 0 atom stereocenters. The number of anilines is 1. The van der Waals surface area contributed by atoms with E-state index in [0.29, 0.717) is 18.0 Å². The Bertz CT molecular complexity index is 567. The summed E-state index contributed by atoms with van der Waals surface area (Å²) in [7, 11) is 1.56. The van der Waals surface area contributed by atoms with Crippen molar-refractivity contribution in [1.82, 2.24) is 10.3 Å². The first-order chi connectivity index (χ1) is 9.72. The number of carbonyl (C=O) groups is 1. The minimum Gasteiger partial charge on any atom is -0.481 e. The highest BCUT2D eigenvalue weighted by Gasteiger charge is 2.05. The fourth-order valence-electron chi connectivity index (χ4n) is 1.64. The largest absolute Gasteiger partial charge is 0.481 e. The maximum atomic E-state index is 11.9. The average molecular weight is 272 g/mol. The number of methoxy groups -OCH3 is 1. The highest BCUT2D eigenvalue weighted by molar-refractivity contribution is 5.94. The lowest BCUT2D eigenvalue weighted by atomic mass is 10.2. The zero-order chi connectivity index (χ0) is 14.4. The Morgan fingerprint density at radius 2 is 2.00 bits per heavy atom. The van der Waals surface area contributed by atoms with Crippen molar-refractivity contribution in [3.8, 4) is 5.88 Å². The number of carbonyl (C=O) groups excluding carboxylic acids is 1. The molecule has 1 aromatic carbocycles. The van der Waals surface area contributed by atoms with Crippen LogP contribution in [0.2, 0.25) is 0 Å². The predicted molar refractivity (Wildman–Crippen MR) is 76.2 cm³/mol. The summed E-state index contributed by atoms with van der Waals surface area (Å²) in [5.74, 6) is 5.66. The van der Waals surface area contributed by atoms with E-state index in [9.17, 15) is 4.79 Å². The molecule has 20 heavy (non-hydrogen) atoms. The van der Waals surface area contributed by atoms with Crippen LogP contribution >= 0.6 is 0 Å². The summed E-state index contributed by atoms with van der Waals surface area (Å²) in [5.41, 5.74) is 4.74. The molecule has 6 nitrogen and oxygen atoms in total. The van der Waals surface area contributed by atoms with Gasteiger partial charge in [0, 0.05) is 30.1 Å². The smallest absolute Gasteiger partial charge is 0.251 e. The summed E-state index contributed by atoms with van der Waals surface area (Å²) in [4.78, 5) is 16.0. The van der Waals surface area contributed by atoms with Crippen LogP contribution in [0.15, 0.2) is 42.6 Å². The van der Waals surface area contributed by atoms with E-state index >= 15 is 0 Å². The van der Waals surface area contributed by atoms with Crippen molar-refractivity contribution >= 4 is 11.6 Å². The van der Waals surface area contributed by atoms with Gasteiger partial charge in [-0.25, -0.2) is 4.98 Å². The van der Waals surface area contributed by atoms with Gasteiger partial charge in [-0.1, -0.05) is 6.07 Å². The molecule has 0 spiro atoms. The maximum absolute atomic E-state index is 11.9. The van der Waals surface area contributed by atoms with Crippen molar-refractivity contribution in [2.75, 3.05) is 12.5 Å². The number of benzene rings is 1. The Hall–Kier alpha value is -2.60. The van der Waals surface area contributed by atoms with E-state index in [-0.39, 0.29) is 5.91 Å². The Kier molecular flexibility index (Phi) is 4.52. The molecule has 0 fully saturated rings. The monoisotopic (exact) mass is 272 g/mol. The van der Waals surface area contributed by atoms with E-state index in [1.54, 1.807) is 43.6 Å². The van der Waals surface area contributed by atoms with Gasteiger partial charge in [0.05, 0.1) is 7.11 Å². The number of nitrogen functional groups attached to an aromatic ring is 1. The maximum Gasteiger partial charge on any atom is 0.251 e. The minimum absolute atomic E-state index is 0.149. The van der Waals surface area contributed by atoms with Crippen molar-refractivity contribution in [1.29, 1.82) is 0 Å². The summed E-state index contributed by atoms with van der Waals surface area (Å²) >= 11 is 0. The van der Waals surface area contributed by atoms with Crippen molar-refractivity contribution in [3.05, 3.63) is 53.7 Å². The number of nitrogens with zero attached hydrogens (tertiary/aromatic N) is 1. The molecule has 4 N–H and O–H groups in total. The van der Waals surface area contributed by atoms with E-state index in [1.807, 2.05) is 6.07 Å². The number of hydrogen-bond donors (Lipinski definition) is 3. The van der Waals surface area contributed by atoms with Gasteiger partial charge >= 0.3 is 0 Å². The molecule has 0 saturated heterocycles. The molecule has 2 rings (SSSR count). The fraction of sp³-hybridized carbons (Fsp3) is 0.143. The zero-order valence-electron chi connectivity index (χ0n) is 11.1.